The fraction of sp³-hybridized carbons (Fsp3) is 0.682. The third-order valence-corrected chi connectivity index (χ3v) is 14.4. The summed E-state index contributed by atoms with van der Waals surface area (Å²) in [5.41, 5.74) is 0.633. The number of nitrogens with zero attached hydrogens (tertiary/aromatic N) is 1. The highest BCUT2D eigenvalue weighted by Gasteiger charge is 2.71. The van der Waals surface area contributed by atoms with Gasteiger partial charge in [-0.3, -0.25) is 9.63 Å². The number of carbonyl (C=O) groups excluding carboxylic acids is 1. The third-order valence-electron chi connectivity index (χ3n) is 14.4. The topological polar surface area (TPSA) is 148 Å². The second-order valence-corrected chi connectivity index (χ2v) is 18.0. The summed E-state index contributed by atoms with van der Waals surface area (Å²) in [5.74, 6) is 6.57. The van der Waals surface area contributed by atoms with E-state index in [1.165, 1.54) is 12.8 Å². The van der Waals surface area contributed by atoms with Gasteiger partial charge in [0.25, 0.3) is 0 Å². The maximum Gasteiger partial charge on any atom is 0.232 e. The molecule has 10 aliphatic rings. The molecule has 10 unspecified atom stereocenters. The fourth-order valence-corrected chi connectivity index (χ4v) is 11.2. The number of nitrogens with two attached hydrogens (primary N) is 1. The van der Waals surface area contributed by atoms with Gasteiger partial charge in [0.05, 0.1) is 6.21 Å². The lowest BCUT2D eigenvalue weighted by atomic mass is 9.58. The summed E-state index contributed by atoms with van der Waals surface area (Å²) in [5, 5.41) is 4.20. The normalized spacial score (nSPS) is 46.4. The molecular formula is C44H60N2O11. The van der Waals surface area contributed by atoms with Gasteiger partial charge in [0.15, 0.2) is 30.1 Å². The number of hydrogen-bond acceptors (Lipinski definition) is 13. The number of hydrogen-bond donors (Lipinski definition) is 1. The first-order chi connectivity index (χ1) is 27.4. The van der Waals surface area contributed by atoms with E-state index in [1.54, 1.807) is 18.3 Å². The Hall–Kier alpha value is -2.82. The van der Waals surface area contributed by atoms with Crippen molar-refractivity contribution in [3.05, 3.63) is 71.8 Å². The molecule has 16 atom stereocenters. The zero-order valence-corrected chi connectivity index (χ0v) is 34.0. The van der Waals surface area contributed by atoms with Gasteiger partial charge in [0.2, 0.25) is 17.9 Å². The molecule has 57 heavy (non-hydrogen) atoms. The van der Waals surface area contributed by atoms with Crippen molar-refractivity contribution in [2.75, 3.05) is 0 Å². The molecule has 2 spiro atoms. The Kier molecular flexibility index (Phi) is 11.7. The average Bonchev–Trinajstić information content (AvgIpc) is 3.60. The Morgan fingerprint density at radius 1 is 0.632 bits per heavy atom. The summed E-state index contributed by atoms with van der Waals surface area (Å²) < 4.78 is 24.8. The van der Waals surface area contributed by atoms with Gasteiger partial charge >= 0.3 is 0 Å². The van der Waals surface area contributed by atoms with Crippen LogP contribution >= 0.6 is 0 Å². The summed E-state index contributed by atoms with van der Waals surface area (Å²) in [7, 11) is 0. The lowest BCUT2D eigenvalue weighted by molar-refractivity contribution is -0.577. The van der Waals surface area contributed by atoms with Crippen LogP contribution in [-0.2, 0) is 48.2 Å². The number of carbonyl (C=O) groups is 1. The summed E-state index contributed by atoms with van der Waals surface area (Å²) >= 11 is 0. The van der Waals surface area contributed by atoms with Gasteiger partial charge in [-0.05, 0) is 81.6 Å². The van der Waals surface area contributed by atoms with Crippen molar-refractivity contribution in [2.24, 2.45) is 58.4 Å². The molecule has 0 aromatic heterocycles. The van der Waals surface area contributed by atoms with E-state index in [2.05, 4.69) is 32.9 Å². The van der Waals surface area contributed by atoms with Crippen LogP contribution in [0.1, 0.15) is 109 Å². The molecule has 0 radical (unpaired) electrons. The van der Waals surface area contributed by atoms with Gasteiger partial charge in [-0.2, -0.15) is 0 Å². The molecule has 2 aromatic carbocycles. The van der Waals surface area contributed by atoms with E-state index in [4.69, 9.17) is 54.1 Å². The first kappa shape index (κ1) is 40.9. The monoisotopic (exact) mass is 792 g/mol. The minimum absolute atomic E-state index is 0.119. The molecular weight excluding hydrogens is 732 g/mol. The Labute approximate surface area is 335 Å². The van der Waals surface area contributed by atoms with Crippen molar-refractivity contribution in [1.82, 2.24) is 0 Å². The summed E-state index contributed by atoms with van der Waals surface area (Å²) in [6, 6.07) is 19.0. The highest BCUT2D eigenvalue weighted by atomic mass is 17.3. The van der Waals surface area contributed by atoms with Crippen LogP contribution in [0.2, 0.25) is 0 Å². The molecule has 2 aliphatic carbocycles. The predicted molar refractivity (Wildman–Crippen MR) is 206 cm³/mol. The first-order valence-corrected chi connectivity index (χ1v) is 21.0. The van der Waals surface area contributed by atoms with Gasteiger partial charge in [-0.25, -0.2) is 25.4 Å². The minimum atomic E-state index is -0.768. The van der Waals surface area contributed by atoms with Crippen LogP contribution in [0.25, 0.3) is 0 Å². The van der Waals surface area contributed by atoms with E-state index >= 15 is 0 Å². The maximum atomic E-state index is 10.0. The molecule has 2 aromatic rings. The van der Waals surface area contributed by atoms with Crippen LogP contribution < -0.4 is 5.90 Å². The molecule has 8 aliphatic heterocycles. The third kappa shape index (κ3) is 7.40. The van der Waals surface area contributed by atoms with E-state index < -0.39 is 47.9 Å². The van der Waals surface area contributed by atoms with Crippen LogP contribution in [-0.4, -0.2) is 60.4 Å². The van der Waals surface area contributed by atoms with Crippen molar-refractivity contribution in [2.45, 2.75) is 141 Å². The molecule has 4 bridgehead atoms. The largest absolute Gasteiger partial charge is 0.363 e. The highest BCUT2D eigenvalue weighted by Crippen LogP contribution is 2.62. The van der Waals surface area contributed by atoms with Crippen molar-refractivity contribution in [1.29, 1.82) is 0 Å². The van der Waals surface area contributed by atoms with E-state index in [9.17, 15) is 4.79 Å². The minimum Gasteiger partial charge on any atom is -0.363 e. The van der Waals surface area contributed by atoms with Crippen molar-refractivity contribution in [3.63, 3.8) is 0 Å². The van der Waals surface area contributed by atoms with E-state index in [1.807, 2.05) is 62.4 Å². The Bertz CT molecular complexity index is 1710. The fourth-order valence-electron chi connectivity index (χ4n) is 11.2. The Morgan fingerprint density at radius 3 is 1.58 bits per heavy atom. The molecule has 8 heterocycles. The molecule has 2 saturated carbocycles. The number of benzene rings is 2. The lowest BCUT2D eigenvalue weighted by Gasteiger charge is -2.59. The number of ether oxygens (including phenoxy) is 4. The van der Waals surface area contributed by atoms with E-state index in [0.29, 0.717) is 23.7 Å². The zero-order chi connectivity index (χ0) is 40.0. The standard InChI is InChI=1S/C22H29NO5.C15H25NO5.C7H6O/c1-14-9-10-18-15(2)19(26-23-13-16-7-5-4-6-8-16)24-20-22(18)17(14)11-12-21(3,25-20)27-28-22;1-8-4-5-11-9(2)12(19-16)17-13-15(11)10(8)6-7-14(3,18-13)20-21-15;8-6-7-4-2-1-3-5-7/h4-8,13-15,17-20H,9-12H2,1-3H3;8-13H,4-7,16H2,1-3H3;1-6H/b23-13+;;/t14-,15-,17?,18?,19?,20?,21-,22?;8-,9-,10?,11?,12?,13?,14-,15?;/m11./s1. The van der Waals surface area contributed by atoms with Gasteiger partial charge in [-0.15, -0.1) is 0 Å². The molecule has 13 heteroatoms. The number of fused-ring (bicyclic) bond motifs is 4. The lowest BCUT2D eigenvalue weighted by Crippen LogP contribution is -2.70. The van der Waals surface area contributed by atoms with Gasteiger partial charge in [0, 0.05) is 42.1 Å². The quantitative estimate of drug-likeness (QED) is 0.136. The Morgan fingerprint density at radius 2 is 1.11 bits per heavy atom. The van der Waals surface area contributed by atoms with Gasteiger partial charge in [-0.1, -0.05) is 93.5 Å². The van der Waals surface area contributed by atoms with Crippen LogP contribution in [0.15, 0.2) is 65.8 Å². The summed E-state index contributed by atoms with van der Waals surface area (Å²) in [6.45, 7) is 12.7. The van der Waals surface area contributed by atoms with Crippen LogP contribution in [0.4, 0.5) is 0 Å². The van der Waals surface area contributed by atoms with Crippen LogP contribution in [0.5, 0.6) is 0 Å². The van der Waals surface area contributed by atoms with Crippen molar-refractivity contribution < 1.29 is 53.0 Å². The predicted octanol–water partition coefficient (Wildman–Crippen LogP) is 7.83. The smallest absolute Gasteiger partial charge is 0.232 e. The molecule has 13 nitrogen and oxygen atoms in total. The highest BCUT2D eigenvalue weighted by molar-refractivity contribution is 5.78. The molecule has 10 fully saturated rings. The molecule has 2 N–H and O–H groups in total. The van der Waals surface area contributed by atoms with Gasteiger partial charge in [0.1, 0.15) is 6.29 Å². The number of aldehydes is 1. The maximum absolute atomic E-state index is 10.0. The first-order valence-electron chi connectivity index (χ1n) is 21.0. The molecule has 8 saturated heterocycles. The number of rotatable bonds is 5. The van der Waals surface area contributed by atoms with E-state index in [0.717, 1.165) is 55.9 Å². The summed E-state index contributed by atoms with van der Waals surface area (Å²) in [6.07, 6.45) is 8.81. The SMILES string of the molecule is C[C@H]1C(O/N=C/c2ccccc2)OC2O[C@@]3(C)CCC4[C@H](C)CCC1C24OO3.C[C@H]1C(ON)OC2O[C@@]3(C)CCC4[C@H](C)CCC1C24OO3.O=Cc1ccccc1. The van der Waals surface area contributed by atoms with Crippen LogP contribution in [0, 0.1) is 47.3 Å². The Balaban J connectivity index is 0.000000137. The van der Waals surface area contributed by atoms with Crippen molar-refractivity contribution >= 4 is 12.5 Å². The average molecular weight is 793 g/mol. The molecule has 312 valence electrons. The van der Waals surface area contributed by atoms with Gasteiger partial charge < -0.3 is 23.8 Å². The number of oxime groups is 1. The summed E-state index contributed by atoms with van der Waals surface area (Å²) in [4.78, 5) is 44.6. The second-order valence-electron chi connectivity index (χ2n) is 18.0. The van der Waals surface area contributed by atoms with Crippen LogP contribution in [0.3, 0.4) is 0 Å². The second kappa shape index (κ2) is 16.3. The molecule has 0 amide bonds. The molecule has 12 rings (SSSR count). The zero-order valence-electron chi connectivity index (χ0n) is 34.0. The van der Waals surface area contributed by atoms with E-state index in [-0.39, 0.29) is 23.7 Å². The van der Waals surface area contributed by atoms with Crippen molar-refractivity contribution in [3.8, 4) is 0 Å².